The number of hydrogen-bond donors (Lipinski definition) is 0. The number of carbonyl (C=O) groups is 1. The average molecular weight is 238 g/mol. The van der Waals surface area contributed by atoms with Gasteiger partial charge in [0.2, 0.25) is 0 Å². The Morgan fingerprint density at radius 1 is 0.889 bits per heavy atom. The van der Waals surface area contributed by atoms with Crippen molar-refractivity contribution >= 4 is 5.97 Å². The molecule has 18 heavy (non-hydrogen) atoms. The molecule has 0 fully saturated rings. The quantitative estimate of drug-likeness (QED) is 0.710. The molecule has 90 valence electrons. The van der Waals surface area contributed by atoms with Gasteiger partial charge in [-0.2, -0.15) is 0 Å². The lowest BCUT2D eigenvalue weighted by atomic mass is 9.94. The van der Waals surface area contributed by atoms with Crippen molar-refractivity contribution in [2.45, 2.75) is 20.0 Å². The van der Waals surface area contributed by atoms with E-state index in [4.69, 9.17) is 4.74 Å². The van der Waals surface area contributed by atoms with Gasteiger partial charge in [-0.05, 0) is 30.5 Å². The molecule has 1 unspecified atom stereocenters. The molecular formula is C16H14O2. The Balaban J connectivity index is 2.17. The molecule has 1 aliphatic rings. The van der Waals surface area contributed by atoms with Gasteiger partial charge in [0.15, 0.2) is 6.10 Å². The summed E-state index contributed by atoms with van der Waals surface area (Å²) >= 11 is 0. The molecule has 0 saturated carbocycles. The minimum atomic E-state index is -0.256. The van der Waals surface area contributed by atoms with Crippen molar-refractivity contribution in [3.63, 3.8) is 0 Å². The maximum absolute atomic E-state index is 12.0. The van der Waals surface area contributed by atoms with Crippen LogP contribution >= 0.6 is 0 Å². The van der Waals surface area contributed by atoms with E-state index in [1.165, 1.54) is 0 Å². The molecule has 0 radical (unpaired) electrons. The smallest absolute Gasteiger partial charge is 0.339 e. The third kappa shape index (κ3) is 1.53. The number of cyclic esters (lactones) is 1. The highest BCUT2D eigenvalue weighted by Gasteiger charge is 2.33. The van der Waals surface area contributed by atoms with Gasteiger partial charge in [0, 0.05) is 5.56 Å². The minimum Gasteiger partial charge on any atom is -0.449 e. The van der Waals surface area contributed by atoms with Gasteiger partial charge in [0.25, 0.3) is 0 Å². The molecule has 1 heterocycles. The summed E-state index contributed by atoms with van der Waals surface area (Å²) in [6.07, 6.45) is -0.256. The molecule has 0 aliphatic carbocycles. The molecule has 0 aromatic heterocycles. The number of esters is 1. The number of hydrogen-bond acceptors (Lipinski definition) is 2. The Morgan fingerprint density at radius 3 is 2.33 bits per heavy atom. The van der Waals surface area contributed by atoms with Crippen LogP contribution in [-0.2, 0) is 4.74 Å². The summed E-state index contributed by atoms with van der Waals surface area (Å²) in [5.74, 6) is -0.212. The van der Waals surface area contributed by atoms with E-state index in [9.17, 15) is 4.79 Å². The standard InChI is InChI=1S/C16H14O2/c1-10-6-3-4-8-12(10)15-13-9-5-7-11(2)14(13)16(17)18-15/h3-9,15H,1-2H3. The molecule has 0 bridgehead atoms. The van der Waals surface area contributed by atoms with E-state index in [0.717, 1.165) is 27.8 Å². The van der Waals surface area contributed by atoms with Crippen molar-refractivity contribution in [3.8, 4) is 0 Å². The Labute approximate surface area is 106 Å². The first-order valence-corrected chi connectivity index (χ1v) is 6.04. The fourth-order valence-electron chi connectivity index (χ4n) is 2.53. The predicted octanol–water partition coefficient (Wildman–Crippen LogP) is 3.56. The minimum absolute atomic E-state index is 0.212. The van der Waals surface area contributed by atoms with E-state index in [1.807, 2.05) is 56.3 Å². The first kappa shape index (κ1) is 11.0. The summed E-state index contributed by atoms with van der Waals surface area (Å²) in [6.45, 7) is 3.98. The van der Waals surface area contributed by atoms with Gasteiger partial charge in [0.05, 0.1) is 5.56 Å². The molecule has 0 spiro atoms. The van der Waals surface area contributed by atoms with Crippen molar-refractivity contribution < 1.29 is 9.53 Å². The van der Waals surface area contributed by atoms with Gasteiger partial charge in [-0.15, -0.1) is 0 Å². The third-order valence-corrected chi connectivity index (χ3v) is 3.49. The lowest BCUT2D eigenvalue weighted by Crippen LogP contribution is -2.02. The molecule has 0 amide bonds. The number of rotatable bonds is 1. The summed E-state index contributed by atoms with van der Waals surface area (Å²) in [6, 6.07) is 13.9. The zero-order valence-electron chi connectivity index (χ0n) is 10.4. The van der Waals surface area contributed by atoms with Crippen LogP contribution in [0.5, 0.6) is 0 Å². The molecule has 3 rings (SSSR count). The summed E-state index contributed by atoms with van der Waals surface area (Å²) in [7, 11) is 0. The fourth-order valence-corrected chi connectivity index (χ4v) is 2.53. The van der Waals surface area contributed by atoms with Crippen molar-refractivity contribution in [3.05, 3.63) is 70.3 Å². The monoisotopic (exact) mass is 238 g/mol. The van der Waals surface area contributed by atoms with Crippen LogP contribution in [0.2, 0.25) is 0 Å². The number of ether oxygens (including phenoxy) is 1. The molecule has 0 saturated heterocycles. The van der Waals surface area contributed by atoms with Crippen LogP contribution in [0.4, 0.5) is 0 Å². The van der Waals surface area contributed by atoms with Crippen LogP contribution in [0.15, 0.2) is 42.5 Å². The SMILES string of the molecule is Cc1ccccc1C1OC(=O)c2c(C)cccc21. The van der Waals surface area contributed by atoms with Crippen molar-refractivity contribution in [2.75, 3.05) is 0 Å². The van der Waals surface area contributed by atoms with Crippen LogP contribution in [0.1, 0.15) is 38.7 Å². The van der Waals surface area contributed by atoms with Crippen molar-refractivity contribution in [2.24, 2.45) is 0 Å². The normalized spacial score (nSPS) is 17.4. The van der Waals surface area contributed by atoms with E-state index in [1.54, 1.807) is 0 Å². The van der Waals surface area contributed by atoms with Gasteiger partial charge < -0.3 is 4.74 Å². The number of benzene rings is 2. The van der Waals surface area contributed by atoms with Gasteiger partial charge >= 0.3 is 5.97 Å². The summed E-state index contributed by atoms with van der Waals surface area (Å²) in [5, 5.41) is 0. The maximum atomic E-state index is 12.0. The van der Waals surface area contributed by atoms with Crippen molar-refractivity contribution in [1.82, 2.24) is 0 Å². The third-order valence-electron chi connectivity index (χ3n) is 3.49. The van der Waals surface area contributed by atoms with E-state index in [-0.39, 0.29) is 12.1 Å². The average Bonchev–Trinajstić information content (AvgIpc) is 2.69. The highest BCUT2D eigenvalue weighted by atomic mass is 16.5. The van der Waals surface area contributed by atoms with Crippen LogP contribution in [-0.4, -0.2) is 5.97 Å². The van der Waals surface area contributed by atoms with Gasteiger partial charge in [0.1, 0.15) is 0 Å². The zero-order chi connectivity index (χ0) is 12.7. The van der Waals surface area contributed by atoms with Crippen LogP contribution in [0.25, 0.3) is 0 Å². The molecule has 1 atom stereocenters. The Hall–Kier alpha value is -2.09. The van der Waals surface area contributed by atoms with Crippen molar-refractivity contribution in [1.29, 1.82) is 0 Å². The first-order chi connectivity index (χ1) is 8.68. The summed E-state index contributed by atoms with van der Waals surface area (Å²) in [4.78, 5) is 12.0. The van der Waals surface area contributed by atoms with E-state index >= 15 is 0 Å². The van der Waals surface area contributed by atoms with Crippen LogP contribution < -0.4 is 0 Å². The van der Waals surface area contributed by atoms with E-state index < -0.39 is 0 Å². The summed E-state index contributed by atoms with van der Waals surface area (Å²) < 4.78 is 5.54. The molecule has 1 aliphatic heterocycles. The number of carbonyl (C=O) groups excluding carboxylic acids is 1. The van der Waals surface area contributed by atoms with Gasteiger partial charge in [-0.1, -0.05) is 42.5 Å². The lowest BCUT2D eigenvalue weighted by molar-refractivity contribution is 0.0454. The lowest BCUT2D eigenvalue weighted by Gasteiger charge is -2.13. The Bertz CT molecular complexity index is 629. The van der Waals surface area contributed by atoms with Gasteiger partial charge in [-0.25, -0.2) is 4.79 Å². The molecule has 2 aromatic carbocycles. The number of aryl methyl sites for hydroxylation is 2. The number of fused-ring (bicyclic) bond motifs is 1. The summed E-state index contributed by atoms with van der Waals surface area (Å²) in [5.41, 5.74) is 4.90. The van der Waals surface area contributed by atoms with Crippen LogP contribution in [0, 0.1) is 13.8 Å². The molecule has 2 nitrogen and oxygen atoms in total. The van der Waals surface area contributed by atoms with Gasteiger partial charge in [-0.3, -0.25) is 0 Å². The Kier molecular flexibility index (Phi) is 2.44. The Morgan fingerprint density at radius 2 is 1.56 bits per heavy atom. The molecule has 0 N–H and O–H groups in total. The zero-order valence-corrected chi connectivity index (χ0v) is 10.4. The second-order valence-corrected chi connectivity index (χ2v) is 4.68. The highest BCUT2D eigenvalue weighted by Crippen LogP contribution is 2.38. The predicted molar refractivity (Wildman–Crippen MR) is 69.6 cm³/mol. The van der Waals surface area contributed by atoms with E-state index in [2.05, 4.69) is 0 Å². The molecule has 2 heteroatoms. The van der Waals surface area contributed by atoms with Crippen LogP contribution in [0.3, 0.4) is 0 Å². The second-order valence-electron chi connectivity index (χ2n) is 4.68. The van der Waals surface area contributed by atoms with E-state index in [0.29, 0.717) is 0 Å². The maximum Gasteiger partial charge on any atom is 0.339 e. The topological polar surface area (TPSA) is 26.3 Å². The second kappa shape index (κ2) is 3.98. The highest BCUT2D eigenvalue weighted by molar-refractivity contribution is 5.96. The first-order valence-electron chi connectivity index (χ1n) is 6.04. The fraction of sp³-hybridized carbons (Fsp3) is 0.188. The molecular weight excluding hydrogens is 224 g/mol. The molecule has 2 aromatic rings. The largest absolute Gasteiger partial charge is 0.449 e.